The third-order valence-corrected chi connectivity index (χ3v) is 3.18. The highest BCUT2D eigenvalue weighted by Gasteiger charge is 2.06. The Bertz CT molecular complexity index is 801. The first-order valence-corrected chi connectivity index (χ1v) is 7.21. The Labute approximate surface area is 135 Å². The van der Waals surface area contributed by atoms with Crippen molar-refractivity contribution in [3.05, 3.63) is 78.2 Å². The predicted octanol–water partition coefficient (Wildman–Crippen LogP) is 4.45. The summed E-state index contributed by atoms with van der Waals surface area (Å²) >= 11 is 0. The minimum atomic E-state index is 0.452. The summed E-state index contributed by atoms with van der Waals surface area (Å²) in [4.78, 5) is 8.59. The number of rotatable bonds is 5. The van der Waals surface area contributed by atoms with Gasteiger partial charge in [-0.1, -0.05) is 42.5 Å². The fourth-order valence-corrected chi connectivity index (χ4v) is 2.04. The van der Waals surface area contributed by atoms with E-state index in [-0.39, 0.29) is 0 Å². The van der Waals surface area contributed by atoms with Crippen LogP contribution < -0.4 is 9.47 Å². The molecule has 0 saturated heterocycles. The van der Waals surface area contributed by atoms with Crippen LogP contribution in [0, 0.1) is 0 Å². The van der Waals surface area contributed by atoms with Gasteiger partial charge in [-0.25, -0.2) is 9.97 Å². The molecule has 0 spiro atoms. The van der Waals surface area contributed by atoms with Crippen molar-refractivity contribution >= 4 is 12.2 Å². The molecular formula is C19H16N2O2. The Morgan fingerprint density at radius 2 is 1.61 bits per heavy atom. The summed E-state index contributed by atoms with van der Waals surface area (Å²) in [5.74, 6) is 1.83. The minimum Gasteiger partial charge on any atom is -0.497 e. The molecule has 0 fully saturated rings. The average molecular weight is 304 g/mol. The summed E-state index contributed by atoms with van der Waals surface area (Å²) < 4.78 is 11.0. The first-order chi connectivity index (χ1) is 11.3. The van der Waals surface area contributed by atoms with Crippen molar-refractivity contribution < 1.29 is 9.47 Å². The maximum absolute atomic E-state index is 5.84. The first kappa shape index (κ1) is 14.8. The smallest absolute Gasteiger partial charge is 0.245 e. The van der Waals surface area contributed by atoms with Gasteiger partial charge in [0.2, 0.25) is 5.88 Å². The van der Waals surface area contributed by atoms with E-state index in [9.17, 15) is 0 Å². The van der Waals surface area contributed by atoms with Gasteiger partial charge >= 0.3 is 0 Å². The van der Waals surface area contributed by atoms with Crippen LogP contribution in [0.4, 0.5) is 0 Å². The molecule has 4 nitrogen and oxygen atoms in total. The minimum absolute atomic E-state index is 0.452. The van der Waals surface area contributed by atoms with Crippen LogP contribution in [0.2, 0.25) is 0 Å². The Balaban J connectivity index is 1.84. The Morgan fingerprint density at radius 3 is 2.43 bits per heavy atom. The maximum atomic E-state index is 5.84. The molecule has 2 aromatic carbocycles. The topological polar surface area (TPSA) is 44.2 Å². The maximum Gasteiger partial charge on any atom is 0.245 e. The fourth-order valence-electron chi connectivity index (χ4n) is 2.04. The fraction of sp³-hybridized carbons (Fsp3) is 0.0526. The first-order valence-electron chi connectivity index (χ1n) is 7.21. The van der Waals surface area contributed by atoms with Gasteiger partial charge in [0, 0.05) is 18.5 Å². The van der Waals surface area contributed by atoms with Crippen molar-refractivity contribution in [2.45, 2.75) is 0 Å². The summed E-state index contributed by atoms with van der Waals surface area (Å²) in [6.45, 7) is 0. The zero-order valence-corrected chi connectivity index (χ0v) is 12.7. The molecule has 1 aromatic heterocycles. The number of aromatic nitrogens is 2. The van der Waals surface area contributed by atoms with Crippen LogP contribution in [0.15, 0.2) is 67.0 Å². The number of ether oxygens (including phenoxy) is 2. The van der Waals surface area contributed by atoms with Gasteiger partial charge in [0.15, 0.2) is 0 Å². The summed E-state index contributed by atoms with van der Waals surface area (Å²) in [7, 11) is 1.62. The SMILES string of the molecule is COc1cccc(Oc2nccnc2/C=C/c2ccccc2)c1. The van der Waals surface area contributed by atoms with Crippen molar-refractivity contribution in [3.63, 3.8) is 0 Å². The second kappa shape index (κ2) is 7.22. The summed E-state index contributed by atoms with van der Waals surface area (Å²) in [6.07, 6.45) is 7.11. The van der Waals surface area contributed by atoms with Crippen molar-refractivity contribution in [3.8, 4) is 17.4 Å². The van der Waals surface area contributed by atoms with Crippen LogP contribution in [-0.4, -0.2) is 17.1 Å². The molecule has 114 valence electrons. The molecule has 4 heteroatoms. The molecule has 0 aliphatic heterocycles. The third-order valence-electron chi connectivity index (χ3n) is 3.18. The highest BCUT2D eigenvalue weighted by atomic mass is 16.5. The van der Waals surface area contributed by atoms with Crippen LogP contribution in [0.1, 0.15) is 11.3 Å². The second-order valence-corrected chi connectivity index (χ2v) is 4.77. The summed E-state index contributed by atoms with van der Waals surface area (Å²) in [6, 6.07) is 17.4. The van der Waals surface area contributed by atoms with E-state index in [2.05, 4.69) is 9.97 Å². The largest absolute Gasteiger partial charge is 0.497 e. The van der Waals surface area contributed by atoms with Crippen LogP contribution in [0.25, 0.3) is 12.2 Å². The molecular weight excluding hydrogens is 288 g/mol. The normalized spacial score (nSPS) is 10.7. The van der Waals surface area contributed by atoms with E-state index < -0.39 is 0 Å². The summed E-state index contributed by atoms with van der Waals surface area (Å²) in [5, 5.41) is 0. The second-order valence-electron chi connectivity index (χ2n) is 4.77. The quantitative estimate of drug-likeness (QED) is 0.698. The van der Waals surface area contributed by atoms with Crippen molar-refractivity contribution in [2.24, 2.45) is 0 Å². The average Bonchev–Trinajstić information content (AvgIpc) is 2.62. The van der Waals surface area contributed by atoms with E-state index in [0.717, 1.165) is 11.3 Å². The Kier molecular flexibility index (Phi) is 4.64. The lowest BCUT2D eigenvalue weighted by molar-refractivity contribution is 0.407. The van der Waals surface area contributed by atoms with E-state index in [1.807, 2.05) is 60.7 Å². The molecule has 0 unspecified atom stereocenters. The zero-order valence-electron chi connectivity index (χ0n) is 12.7. The van der Waals surface area contributed by atoms with Gasteiger partial charge in [0.1, 0.15) is 17.2 Å². The number of benzene rings is 2. The van der Waals surface area contributed by atoms with E-state index in [4.69, 9.17) is 9.47 Å². The van der Waals surface area contributed by atoms with Gasteiger partial charge in [0.25, 0.3) is 0 Å². The molecule has 23 heavy (non-hydrogen) atoms. The van der Waals surface area contributed by atoms with Crippen molar-refractivity contribution in [1.29, 1.82) is 0 Å². The van der Waals surface area contributed by atoms with Gasteiger partial charge < -0.3 is 9.47 Å². The van der Waals surface area contributed by atoms with Gasteiger partial charge in [-0.05, 0) is 23.8 Å². The van der Waals surface area contributed by atoms with E-state index in [1.54, 1.807) is 25.6 Å². The van der Waals surface area contributed by atoms with Crippen molar-refractivity contribution in [2.75, 3.05) is 7.11 Å². The molecule has 0 saturated carbocycles. The van der Waals surface area contributed by atoms with Crippen LogP contribution in [0.5, 0.6) is 17.4 Å². The highest BCUT2D eigenvalue weighted by Crippen LogP contribution is 2.26. The van der Waals surface area contributed by atoms with Crippen LogP contribution in [-0.2, 0) is 0 Å². The molecule has 0 N–H and O–H groups in total. The summed E-state index contributed by atoms with van der Waals surface area (Å²) in [5.41, 5.74) is 1.75. The number of methoxy groups -OCH3 is 1. The highest BCUT2D eigenvalue weighted by molar-refractivity contribution is 5.69. The lowest BCUT2D eigenvalue weighted by Crippen LogP contribution is -1.93. The molecule has 3 aromatic rings. The van der Waals surface area contributed by atoms with Gasteiger partial charge in [-0.15, -0.1) is 0 Å². The van der Waals surface area contributed by atoms with Crippen LogP contribution >= 0.6 is 0 Å². The molecule has 0 radical (unpaired) electrons. The molecule has 3 rings (SSSR count). The number of hydrogen-bond donors (Lipinski definition) is 0. The number of nitrogens with zero attached hydrogens (tertiary/aromatic N) is 2. The van der Waals surface area contributed by atoms with Crippen molar-refractivity contribution in [1.82, 2.24) is 9.97 Å². The lowest BCUT2D eigenvalue weighted by atomic mass is 10.2. The lowest BCUT2D eigenvalue weighted by Gasteiger charge is -2.08. The van der Waals surface area contributed by atoms with Crippen LogP contribution in [0.3, 0.4) is 0 Å². The standard InChI is InChI=1S/C19H16N2O2/c1-22-16-8-5-9-17(14-16)23-19-18(20-12-13-21-19)11-10-15-6-3-2-4-7-15/h2-14H,1H3/b11-10+. The molecule has 1 heterocycles. The molecule has 0 atom stereocenters. The molecule has 0 bridgehead atoms. The van der Waals surface area contributed by atoms with E-state index in [1.165, 1.54) is 0 Å². The molecule has 0 aliphatic carbocycles. The van der Waals surface area contributed by atoms with E-state index >= 15 is 0 Å². The Hall–Kier alpha value is -3.14. The molecule has 0 amide bonds. The van der Waals surface area contributed by atoms with Gasteiger partial charge in [-0.2, -0.15) is 0 Å². The van der Waals surface area contributed by atoms with Gasteiger partial charge in [0.05, 0.1) is 7.11 Å². The number of hydrogen-bond acceptors (Lipinski definition) is 4. The third kappa shape index (κ3) is 3.95. The van der Waals surface area contributed by atoms with Gasteiger partial charge in [-0.3, -0.25) is 0 Å². The predicted molar refractivity (Wildman–Crippen MR) is 90.5 cm³/mol. The zero-order chi connectivity index (χ0) is 15.9. The Morgan fingerprint density at radius 1 is 0.826 bits per heavy atom. The van der Waals surface area contributed by atoms with E-state index in [0.29, 0.717) is 17.3 Å². The monoisotopic (exact) mass is 304 g/mol. The molecule has 0 aliphatic rings.